The van der Waals surface area contributed by atoms with Crippen LogP contribution in [0.5, 0.6) is 0 Å². The molecule has 0 bridgehead atoms. The maximum atomic E-state index is 11.8. The summed E-state index contributed by atoms with van der Waals surface area (Å²) in [5, 5.41) is 11.0. The molecule has 0 radical (unpaired) electrons. The van der Waals surface area contributed by atoms with Crippen molar-refractivity contribution in [1.82, 2.24) is 15.2 Å². The van der Waals surface area contributed by atoms with Crippen LogP contribution in [0.2, 0.25) is 0 Å². The number of pyridine rings is 1. The highest BCUT2D eigenvalue weighted by atomic mass is 16.5. The van der Waals surface area contributed by atoms with Crippen molar-refractivity contribution in [2.24, 2.45) is 0 Å². The first-order valence-electron chi connectivity index (χ1n) is 9.56. The summed E-state index contributed by atoms with van der Waals surface area (Å²) < 4.78 is 5.02. The molecule has 0 unspecified atom stereocenters. The van der Waals surface area contributed by atoms with E-state index in [1.165, 1.54) is 6.92 Å². The predicted molar refractivity (Wildman–Crippen MR) is 115 cm³/mol. The maximum Gasteiger partial charge on any atom is 0.338 e. The molecular weight excluding hydrogens is 380 g/mol. The zero-order chi connectivity index (χ0) is 21.1. The fourth-order valence-electron chi connectivity index (χ4n) is 3.19. The van der Waals surface area contributed by atoms with Crippen molar-refractivity contribution in [1.29, 1.82) is 0 Å². The number of carbonyl (C=O) groups is 2. The number of rotatable bonds is 5. The van der Waals surface area contributed by atoms with Crippen LogP contribution in [0.3, 0.4) is 0 Å². The van der Waals surface area contributed by atoms with Crippen molar-refractivity contribution in [2.75, 3.05) is 11.9 Å². The van der Waals surface area contributed by atoms with Crippen LogP contribution in [0.1, 0.15) is 24.2 Å². The molecule has 2 heterocycles. The second-order valence-corrected chi connectivity index (χ2v) is 6.72. The summed E-state index contributed by atoms with van der Waals surface area (Å²) in [7, 11) is 0. The van der Waals surface area contributed by atoms with Crippen LogP contribution in [0.15, 0.2) is 60.7 Å². The molecule has 0 fully saturated rings. The Morgan fingerprint density at radius 3 is 2.33 bits per heavy atom. The number of hydrogen-bond donors (Lipinski definition) is 2. The van der Waals surface area contributed by atoms with Gasteiger partial charge in [0.1, 0.15) is 0 Å². The molecule has 30 heavy (non-hydrogen) atoms. The van der Waals surface area contributed by atoms with Crippen LogP contribution in [0.25, 0.3) is 33.5 Å². The van der Waals surface area contributed by atoms with Gasteiger partial charge in [0.25, 0.3) is 0 Å². The predicted octanol–water partition coefficient (Wildman–Crippen LogP) is 4.43. The minimum absolute atomic E-state index is 0.110. The lowest BCUT2D eigenvalue weighted by molar-refractivity contribution is -0.114. The van der Waals surface area contributed by atoms with Gasteiger partial charge in [0, 0.05) is 29.1 Å². The van der Waals surface area contributed by atoms with E-state index in [2.05, 4.69) is 20.5 Å². The number of hydrogen-bond acceptors (Lipinski definition) is 5. The highest BCUT2D eigenvalue weighted by Gasteiger charge is 2.12. The van der Waals surface area contributed by atoms with Crippen molar-refractivity contribution >= 4 is 28.6 Å². The van der Waals surface area contributed by atoms with Gasteiger partial charge in [-0.2, -0.15) is 5.10 Å². The minimum Gasteiger partial charge on any atom is -0.462 e. The summed E-state index contributed by atoms with van der Waals surface area (Å²) in [4.78, 5) is 27.6. The molecule has 2 aromatic heterocycles. The summed E-state index contributed by atoms with van der Waals surface area (Å²) in [6, 6.07) is 18.6. The van der Waals surface area contributed by atoms with E-state index in [1.807, 2.05) is 48.5 Å². The molecule has 2 N–H and O–H groups in total. The van der Waals surface area contributed by atoms with E-state index in [-0.39, 0.29) is 11.9 Å². The first-order chi connectivity index (χ1) is 14.5. The molecule has 0 aliphatic rings. The van der Waals surface area contributed by atoms with Crippen LogP contribution in [0.4, 0.5) is 5.69 Å². The van der Waals surface area contributed by atoms with E-state index in [0.717, 1.165) is 33.6 Å². The second kappa shape index (κ2) is 8.16. The van der Waals surface area contributed by atoms with Crippen molar-refractivity contribution < 1.29 is 14.3 Å². The summed E-state index contributed by atoms with van der Waals surface area (Å²) in [6.07, 6.45) is 0. The summed E-state index contributed by atoms with van der Waals surface area (Å²) in [5.41, 5.74) is 5.29. The molecule has 2 aromatic carbocycles. The Hall–Kier alpha value is -4.00. The molecule has 0 saturated carbocycles. The molecule has 0 spiro atoms. The first-order valence-corrected chi connectivity index (χ1v) is 9.56. The van der Waals surface area contributed by atoms with E-state index in [9.17, 15) is 9.59 Å². The van der Waals surface area contributed by atoms with Crippen molar-refractivity contribution in [3.05, 3.63) is 66.2 Å². The molecule has 0 atom stereocenters. The Morgan fingerprint density at radius 1 is 0.967 bits per heavy atom. The third kappa shape index (κ3) is 3.91. The van der Waals surface area contributed by atoms with Crippen molar-refractivity contribution in [3.63, 3.8) is 0 Å². The molecule has 1 amide bonds. The average molecular weight is 400 g/mol. The van der Waals surface area contributed by atoms with E-state index in [4.69, 9.17) is 4.74 Å². The highest BCUT2D eigenvalue weighted by Crippen LogP contribution is 2.28. The Bertz CT molecular complexity index is 1210. The molecular formula is C23H20N4O3. The van der Waals surface area contributed by atoms with Gasteiger partial charge in [0.05, 0.1) is 23.6 Å². The van der Waals surface area contributed by atoms with E-state index in [1.54, 1.807) is 19.1 Å². The third-order valence-electron chi connectivity index (χ3n) is 4.60. The highest BCUT2D eigenvalue weighted by molar-refractivity contribution is 5.94. The zero-order valence-corrected chi connectivity index (χ0v) is 16.6. The van der Waals surface area contributed by atoms with E-state index in [0.29, 0.717) is 17.8 Å². The van der Waals surface area contributed by atoms with Crippen LogP contribution in [-0.4, -0.2) is 33.7 Å². The van der Waals surface area contributed by atoms with Crippen molar-refractivity contribution in [2.45, 2.75) is 13.8 Å². The number of benzene rings is 2. The monoisotopic (exact) mass is 400 g/mol. The van der Waals surface area contributed by atoms with Crippen LogP contribution < -0.4 is 5.32 Å². The fourth-order valence-corrected chi connectivity index (χ4v) is 3.19. The van der Waals surface area contributed by atoms with Gasteiger partial charge in [0.2, 0.25) is 5.91 Å². The number of nitrogens with one attached hydrogen (secondary N) is 2. The zero-order valence-electron chi connectivity index (χ0n) is 16.6. The number of aromatic nitrogens is 3. The Balaban J connectivity index is 1.61. The van der Waals surface area contributed by atoms with Gasteiger partial charge >= 0.3 is 5.97 Å². The van der Waals surface area contributed by atoms with Gasteiger partial charge in [-0.25, -0.2) is 9.78 Å². The second-order valence-electron chi connectivity index (χ2n) is 6.72. The van der Waals surface area contributed by atoms with Gasteiger partial charge in [-0.1, -0.05) is 24.3 Å². The standard InChI is InChI=1S/C23H20N4O3/c1-3-30-23(29)17-6-4-16(5-7-17)21-19-12-13-20(25-22(19)27-26-21)15-8-10-18(11-9-15)24-14(2)28/h4-13H,3H2,1-2H3,(H,24,28)(H,25,26,27). The topological polar surface area (TPSA) is 97.0 Å². The molecule has 4 rings (SSSR count). The van der Waals surface area contributed by atoms with E-state index >= 15 is 0 Å². The molecule has 0 aliphatic carbocycles. The van der Waals surface area contributed by atoms with Crippen molar-refractivity contribution in [3.8, 4) is 22.5 Å². The molecule has 7 nitrogen and oxygen atoms in total. The SMILES string of the molecule is CCOC(=O)c1ccc(-c2[nH]nc3nc(-c4ccc(NC(C)=O)cc4)ccc23)cc1. The molecule has 4 aromatic rings. The molecule has 150 valence electrons. The summed E-state index contributed by atoms with van der Waals surface area (Å²) >= 11 is 0. The third-order valence-corrected chi connectivity index (χ3v) is 4.60. The number of ether oxygens (including phenoxy) is 1. The average Bonchev–Trinajstić information content (AvgIpc) is 3.17. The van der Waals surface area contributed by atoms with Gasteiger partial charge in [-0.05, 0) is 43.3 Å². The number of esters is 1. The number of aromatic amines is 1. The molecule has 0 saturated heterocycles. The normalized spacial score (nSPS) is 10.7. The smallest absolute Gasteiger partial charge is 0.338 e. The van der Waals surface area contributed by atoms with Gasteiger partial charge in [-0.3, -0.25) is 9.89 Å². The maximum absolute atomic E-state index is 11.8. The van der Waals surface area contributed by atoms with Crippen LogP contribution >= 0.6 is 0 Å². The van der Waals surface area contributed by atoms with Gasteiger partial charge in [-0.15, -0.1) is 0 Å². The first kappa shape index (κ1) is 19.3. The lowest BCUT2D eigenvalue weighted by Crippen LogP contribution is -2.05. The number of amides is 1. The lowest BCUT2D eigenvalue weighted by Gasteiger charge is -2.05. The number of H-pyrrole nitrogens is 1. The Kier molecular flexibility index (Phi) is 5.26. The van der Waals surface area contributed by atoms with Crippen LogP contribution in [0, 0.1) is 0 Å². The molecule has 7 heteroatoms. The van der Waals surface area contributed by atoms with Gasteiger partial charge < -0.3 is 10.1 Å². The fraction of sp³-hybridized carbons (Fsp3) is 0.130. The Morgan fingerprint density at radius 2 is 1.67 bits per heavy atom. The quantitative estimate of drug-likeness (QED) is 0.483. The number of carbonyl (C=O) groups excluding carboxylic acids is 2. The molecule has 0 aliphatic heterocycles. The summed E-state index contributed by atoms with van der Waals surface area (Å²) in [6.45, 7) is 3.60. The Labute approximate surface area is 173 Å². The number of fused-ring (bicyclic) bond motifs is 1. The number of nitrogens with zero attached hydrogens (tertiary/aromatic N) is 2. The summed E-state index contributed by atoms with van der Waals surface area (Å²) in [5.74, 6) is -0.448. The minimum atomic E-state index is -0.339. The van der Waals surface area contributed by atoms with Crippen LogP contribution in [-0.2, 0) is 9.53 Å². The van der Waals surface area contributed by atoms with E-state index < -0.39 is 0 Å². The largest absolute Gasteiger partial charge is 0.462 e. The number of anilines is 1. The van der Waals surface area contributed by atoms with Gasteiger partial charge in [0.15, 0.2) is 5.65 Å². The lowest BCUT2D eigenvalue weighted by atomic mass is 10.1.